The molecular weight excluding hydrogens is 499 g/mol. The topological polar surface area (TPSA) is 70.7 Å². The number of rotatable bonds is 8. The lowest BCUT2D eigenvalue weighted by atomic mass is 9.89. The van der Waals surface area contributed by atoms with Gasteiger partial charge in [-0.05, 0) is 43.2 Å². The Morgan fingerprint density at radius 3 is 2.29 bits per heavy atom. The summed E-state index contributed by atoms with van der Waals surface area (Å²) < 4.78 is 0. The molecule has 168 valence electrons. The molecule has 1 saturated heterocycles. The van der Waals surface area contributed by atoms with E-state index in [-0.39, 0.29) is 29.9 Å². The lowest BCUT2D eigenvalue weighted by Crippen LogP contribution is -2.47. The van der Waals surface area contributed by atoms with Gasteiger partial charge in [0.1, 0.15) is 0 Å². The lowest BCUT2D eigenvalue weighted by Gasteiger charge is -2.34. The second kappa shape index (κ2) is 13.3. The van der Waals surface area contributed by atoms with Crippen molar-refractivity contribution in [2.75, 3.05) is 26.2 Å². The molecule has 3 N–H and O–H groups in total. The first-order valence-corrected chi connectivity index (χ1v) is 11.1. The zero-order chi connectivity index (χ0) is 21.2. The summed E-state index contributed by atoms with van der Waals surface area (Å²) in [5.74, 6) is 1.38. The second-order valence-electron chi connectivity index (χ2n) is 8.02. The number of aliphatic imine (C=N–C) groups is 1. The summed E-state index contributed by atoms with van der Waals surface area (Å²) in [6.45, 7) is 5.49. The molecule has 1 atom stereocenters. The maximum absolute atomic E-state index is 11.3. The quantitative estimate of drug-likeness (QED) is 0.300. The maximum Gasteiger partial charge on any atom is 0.217 e. The van der Waals surface area contributed by atoms with Crippen LogP contribution in [0.3, 0.4) is 0 Å². The van der Waals surface area contributed by atoms with Crippen molar-refractivity contribution in [1.82, 2.24) is 10.2 Å². The van der Waals surface area contributed by atoms with Crippen LogP contribution in [0, 0.1) is 5.92 Å². The third-order valence-electron chi connectivity index (χ3n) is 5.73. The van der Waals surface area contributed by atoms with Crippen molar-refractivity contribution < 1.29 is 4.79 Å². The summed E-state index contributed by atoms with van der Waals surface area (Å²) >= 11 is 0. The molecule has 0 aromatic heterocycles. The van der Waals surface area contributed by atoms with Crippen LogP contribution in [0.4, 0.5) is 0 Å². The van der Waals surface area contributed by atoms with Crippen LogP contribution in [0.25, 0.3) is 0 Å². The third-order valence-corrected chi connectivity index (χ3v) is 5.73. The summed E-state index contributed by atoms with van der Waals surface area (Å²) in [6, 6.07) is 21.3. The van der Waals surface area contributed by atoms with Crippen molar-refractivity contribution >= 4 is 35.8 Å². The van der Waals surface area contributed by atoms with Crippen LogP contribution >= 0.6 is 24.0 Å². The molecule has 2 aromatic rings. The van der Waals surface area contributed by atoms with Crippen LogP contribution < -0.4 is 11.1 Å². The highest BCUT2D eigenvalue weighted by molar-refractivity contribution is 14.0. The largest absolute Gasteiger partial charge is 0.370 e. The molecule has 6 heteroatoms. The highest BCUT2D eigenvalue weighted by Crippen LogP contribution is 2.28. The minimum atomic E-state index is -0.211. The zero-order valence-electron chi connectivity index (χ0n) is 18.4. The Bertz CT molecular complexity index is 773. The van der Waals surface area contributed by atoms with E-state index in [9.17, 15) is 4.79 Å². The van der Waals surface area contributed by atoms with Gasteiger partial charge in [0.25, 0.3) is 0 Å². The van der Waals surface area contributed by atoms with Gasteiger partial charge in [-0.2, -0.15) is 0 Å². The first kappa shape index (κ1) is 25.2. The van der Waals surface area contributed by atoms with Gasteiger partial charge in [0.05, 0.1) is 0 Å². The van der Waals surface area contributed by atoms with Gasteiger partial charge in [-0.1, -0.05) is 60.7 Å². The van der Waals surface area contributed by atoms with Crippen molar-refractivity contribution in [2.24, 2.45) is 16.6 Å². The minimum absolute atomic E-state index is 0. The number of amides is 1. The first-order valence-electron chi connectivity index (χ1n) is 11.1. The third kappa shape index (κ3) is 7.83. The molecule has 1 fully saturated rings. The predicted molar refractivity (Wildman–Crippen MR) is 139 cm³/mol. The SMILES string of the molecule is CCNC(=NCCC(c1ccccc1)c1ccccc1)N1CCCC(CC(N)=O)C1.I. The van der Waals surface area contributed by atoms with E-state index in [0.29, 0.717) is 18.3 Å². The van der Waals surface area contributed by atoms with Gasteiger partial charge < -0.3 is 16.0 Å². The van der Waals surface area contributed by atoms with Crippen LogP contribution in [-0.4, -0.2) is 42.9 Å². The molecule has 0 saturated carbocycles. The monoisotopic (exact) mass is 534 g/mol. The molecule has 0 spiro atoms. The average Bonchev–Trinajstić information content (AvgIpc) is 2.77. The number of benzene rings is 2. The number of carbonyl (C=O) groups excluding carboxylic acids is 1. The van der Waals surface area contributed by atoms with Gasteiger partial charge in [0.15, 0.2) is 5.96 Å². The Hall–Kier alpha value is -2.09. The number of nitrogens with one attached hydrogen (secondary N) is 1. The summed E-state index contributed by atoms with van der Waals surface area (Å²) in [4.78, 5) is 18.6. The second-order valence-corrected chi connectivity index (χ2v) is 8.02. The van der Waals surface area contributed by atoms with E-state index in [1.807, 2.05) is 0 Å². The Morgan fingerprint density at radius 2 is 1.74 bits per heavy atom. The van der Waals surface area contributed by atoms with E-state index >= 15 is 0 Å². The number of nitrogens with two attached hydrogens (primary N) is 1. The van der Waals surface area contributed by atoms with Crippen LogP contribution in [0.5, 0.6) is 0 Å². The Kier molecular flexibility index (Phi) is 10.8. The molecule has 1 heterocycles. The fourth-order valence-corrected chi connectivity index (χ4v) is 4.33. The number of piperidine rings is 1. The molecule has 31 heavy (non-hydrogen) atoms. The standard InChI is InChI=1S/C25H34N4O.HI/c1-2-27-25(29-17-9-10-20(19-29)18-24(26)30)28-16-15-23(21-11-5-3-6-12-21)22-13-7-4-8-14-22;/h3-8,11-14,20,23H,2,9-10,15-19H2,1H3,(H2,26,30)(H,27,28);1H. The van der Waals surface area contributed by atoms with E-state index in [0.717, 1.165) is 51.4 Å². The summed E-state index contributed by atoms with van der Waals surface area (Å²) in [5.41, 5.74) is 8.07. The molecule has 5 nitrogen and oxygen atoms in total. The number of carbonyl (C=O) groups is 1. The van der Waals surface area contributed by atoms with Gasteiger partial charge >= 0.3 is 0 Å². The summed E-state index contributed by atoms with van der Waals surface area (Å²) in [5, 5.41) is 3.44. The molecule has 1 amide bonds. The summed E-state index contributed by atoms with van der Waals surface area (Å²) in [7, 11) is 0. The smallest absolute Gasteiger partial charge is 0.217 e. The fourth-order valence-electron chi connectivity index (χ4n) is 4.33. The molecule has 0 bridgehead atoms. The Labute approximate surface area is 203 Å². The highest BCUT2D eigenvalue weighted by Gasteiger charge is 2.23. The van der Waals surface area contributed by atoms with E-state index in [2.05, 4.69) is 77.8 Å². The van der Waals surface area contributed by atoms with E-state index in [4.69, 9.17) is 10.7 Å². The number of hydrogen-bond acceptors (Lipinski definition) is 2. The first-order chi connectivity index (χ1) is 14.7. The van der Waals surface area contributed by atoms with Crippen molar-refractivity contribution in [3.8, 4) is 0 Å². The van der Waals surface area contributed by atoms with E-state index < -0.39 is 0 Å². The van der Waals surface area contributed by atoms with Crippen LogP contribution in [0.2, 0.25) is 0 Å². The summed E-state index contributed by atoms with van der Waals surface area (Å²) in [6.07, 6.45) is 3.53. The number of nitrogens with zero attached hydrogens (tertiary/aromatic N) is 2. The molecule has 1 unspecified atom stereocenters. The lowest BCUT2D eigenvalue weighted by molar-refractivity contribution is -0.119. The Balaban J connectivity index is 0.00000341. The van der Waals surface area contributed by atoms with Gasteiger partial charge in [-0.25, -0.2) is 0 Å². The molecule has 2 aromatic carbocycles. The number of hydrogen-bond donors (Lipinski definition) is 2. The number of guanidine groups is 1. The maximum atomic E-state index is 11.3. The minimum Gasteiger partial charge on any atom is -0.370 e. The number of likely N-dealkylation sites (tertiary alicyclic amines) is 1. The average molecular weight is 534 g/mol. The van der Waals surface area contributed by atoms with Crippen molar-refractivity contribution in [1.29, 1.82) is 0 Å². The van der Waals surface area contributed by atoms with E-state index in [1.54, 1.807) is 0 Å². The van der Waals surface area contributed by atoms with Crippen molar-refractivity contribution in [2.45, 2.75) is 38.5 Å². The molecule has 3 rings (SSSR count). The normalized spacial score (nSPS) is 16.6. The fraction of sp³-hybridized carbons (Fsp3) is 0.440. The predicted octanol–water partition coefficient (Wildman–Crippen LogP) is 4.38. The van der Waals surface area contributed by atoms with E-state index in [1.165, 1.54) is 11.1 Å². The molecular formula is C25H35IN4O. The molecule has 1 aliphatic heterocycles. The number of primary amides is 1. The van der Waals surface area contributed by atoms with Crippen molar-refractivity contribution in [3.05, 3.63) is 71.8 Å². The zero-order valence-corrected chi connectivity index (χ0v) is 20.7. The van der Waals surface area contributed by atoms with Crippen LogP contribution in [0.1, 0.15) is 49.7 Å². The van der Waals surface area contributed by atoms with Gasteiger partial charge in [0.2, 0.25) is 5.91 Å². The number of halogens is 1. The highest BCUT2D eigenvalue weighted by atomic mass is 127. The van der Waals surface area contributed by atoms with Crippen LogP contribution in [0.15, 0.2) is 65.7 Å². The van der Waals surface area contributed by atoms with Gasteiger partial charge in [-0.3, -0.25) is 9.79 Å². The van der Waals surface area contributed by atoms with Crippen LogP contribution in [-0.2, 0) is 4.79 Å². The molecule has 0 radical (unpaired) electrons. The van der Waals surface area contributed by atoms with Gasteiger partial charge in [0, 0.05) is 38.5 Å². The molecule has 1 aliphatic rings. The van der Waals surface area contributed by atoms with Crippen molar-refractivity contribution in [3.63, 3.8) is 0 Å². The van der Waals surface area contributed by atoms with Gasteiger partial charge in [-0.15, -0.1) is 24.0 Å². The molecule has 0 aliphatic carbocycles. The Morgan fingerprint density at radius 1 is 1.13 bits per heavy atom.